The molecular weight excluding hydrogens is 550 g/mol. The van der Waals surface area contributed by atoms with E-state index in [2.05, 4.69) is 26.3 Å². The van der Waals surface area contributed by atoms with Gasteiger partial charge in [-0.15, -0.1) is 12.1 Å². The van der Waals surface area contributed by atoms with E-state index < -0.39 is 16.6 Å². The number of halogens is 2. The molecule has 0 unspecified atom stereocenters. The molecule has 3 aromatic heterocycles. The zero-order chi connectivity index (χ0) is 19.2. The van der Waals surface area contributed by atoms with Gasteiger partial charge in [-0.2, -0.15) is 0 Å². The standard InChI is InChI=1S/C11H6F2N.C6H4N5O2.Ir/c12-8-4-5-9(10(13)7-8)11-3-1-2-6-14-11;12-11(13)5-4-7-9-6(5)10-3-1-2-8-10;/h1-4,6-7H;1-4H;/q2*-1;. The molecule has 3 heterocycles. The van der Waals surface area contributed by atoms with Crippen LogP contribution in [0.3, 0.4) is 0 Å². The molecule has 0 aliphatic rings. The van der Waals surface area contributed by atoms with Crippen molar-refractivity contribution in [2.24, 2.45) is 0 Å². The summed E-state index contributed by atoms with van der Waals surface area (Å²) in [6.07, 6.45) is 5.72. The fourth-order valence-corrected chi connectivity index (χ4v) is 2.09. The largest absolute Gasteiger partial charge is 0.349 e. The van der Waals surface area contributed by atoms with Gasteiger partial charge < -0.3 is 14.8 Å². The van der Waals surface area contributed by atoms with Gasteiger partial charge in [0, 0.05) is 44.1 Å². The van der Waals surface area contributed by atoms with Crippen LogP contribution in [0.5, 0.6) is 0 Å². The van der Waals surface area contributed by atoms with Crippen LogP contribution >= 0.6 is 0 Å². The van der Waals surface area contributed by atoms with Crippen LogP contribution in [-0.4, -0.2) is 24.8 Å². The van der Waals surface area contributed by atoms with E-state index in [0.29, 0.717) is 5.69 Å². The molecule has 0 amide bonds. The molecule has 0 saturated heterocycles. The van der Waals surface area contributed by atoms with Gasteiger partial charge in [-0.05, 0) is 17.8 Å². The Morgan fingerprint density at radius 3 is 2.64 bits per heavy atom. The Kier molecular flexibility index (Phi) is 7.19. The van der Waals surface area contributed by atoms with E-state index in [1.807, 2.05) is 0 Å². The summed E-state index contributed by atoms with van der Waals surface area (Å²) in [6.45, 7) is 0. The van der Waals surface area contributed by atoms with Crippen LogP contribution in [0, 0.1) is 27.8 Å². The van der Waals surface area contributed by atoms with Crippen LogP contribution in [0.2, 0.25) is 0 Å². The van der Waals surface area contributed by atoms with Gasteiger partial charge in [-0.1, -0.05) is 30.0 Å². The van der Waals surface area contributed by atoms with Crippen LogP contribution in [0.1, 0.15) is 0 Å². The Morgan fingerprint density at radius 2 is 2.04 bits per heavy atom. The van der Waals surface area contributed by atoms with Crippen LogP contribution in [0.25, 0.3) is 17.1 Å². The molecule has 1 aromatic carbocycles. The van der Waals surface area contributed by atoms with E-state index in [9.17, 15) is 18.9 Å². The molecule has 0 aliphatic heterocycles. The molecule has 4 rings (SSSR count). The quantitative estimate of drug-likeness (QED) is 0.217. The first-order valence-corrected chi connectivity index (χ1v) is 7.47. The van der Waals surface area contributed by atoms with Crippen molar-refractivity contribution in [2.75, 3.05) is 0 Å². The minimum atomic E-state index is -0.649. The molecular formula is C17H10F2IrN6O2-2. The van der Waals surface area contributed by atoms with Gasteiger partial charge in [0.25, 0.3) is 5.69 Å². The minimum Gasteiger partial charge on any atom is -0.349 e. The average molecular weight is 561 g/mol. The van der Waals surface area contributed by atoms with E-state index in [4.69, 9.17) is 0 Å². The summed E-state index contributed by atoms with van der Waals surface area (Å²) >= 11 is 0. The van der Waals surface area contributed by atoms with Gasteiger partial charge in [-0.3, -0.25) is 29.1 Å². The summed E-state index contributed by atoms with van der Waals surface area (Å²) < 4.78 is 27.1. The second-order valence-electron chi connectivity index (χ2n) is 5.02. The Hall–Kier alpha value is -3.30. The molecule has 4 aromatic rings. The number of rotatable bonds is 3. The SMILES string of the molecule is Fc1c[c-]c(-c2ccccn2)c(F)c1.O=[N+]([O-])c1cn[n-]c1-n1cccn1.[Ir]. The fraction of sp³-hybridized carbons (Fsp3) is 0. The molecule has 8 nitrogen and oxygen atoms in total. The van der Waals surface area contributed by atoms with E-state index in [1.54, 1.807) is 36.7 Å². The van der Waals surface area contributed by atoms with E-state index in [0.717, 1.165) is 18.3 Å². The van der Waals surface area contributed by atoms with Crippen molar-refractivity contribution in [3.05, 3.63) is 89.0 Å². The molecule has 0 saturated carbocycles. The van der Waals surface area contributed by atoms with Gasteiger partial charge in [0.2, 0.25) is 0 Å². The molecule has 28 heavy (non-hydrogen) atoms. The van der Waals surface area contributed by atoms with Crippen molar-refractivity contribution < 1.29 is 33.8 Å². The Morgan fingerprint density at radius 1 is 1.21 bits per heavy atom. The molecule has 1 radical (unpaired) electrons. The third-order valence-electron chi connectivity index (χ3n) is 3.26. The maximum Gasteiger partial charge on any atom is 0.289 e. The fourth-order valence-electron chi connectivity index (χ4n) is 2.09. The number of hydrogen-bond donors (Lipinski definition) is 0. The summed E-state index contributed by atoms with van der Waals surface area (Å²) in [5, 5.41) is 21.3. The predicted octanol–water partition coefficient (Wildman–Crippen LogP) is 2.96. The number of benzene rings is 1. The van der Waals surface area contributed by atoms with Crippen molar-refractivity contribution in [1.29, 1.82) is 0 Å². The van der Waals surface area contributed by atoms with E-state index in [1.165, 1.54) is 10.9 Å². The summed E-state index contributed by atoms with van der Waals surface area (Å²) in [5.74, 6) is -1.15. The van der Waals surface area contributed by atoms with Crippen molar-refractivity contribution in [2.45, 2.75) is 0 Å². The third-order valence-corrected chi connectivity index (χ3v) is 3.26. The van der Waals surface area contributed by atoms with Crippen LogP contribution in [-0.2, 0) is 20.1 Å². The molecule has 0 N–H and O–H groups in total. The Balaban J connectivity index is 0.000000194. The van der Waals surface area contributed by atoms with Crippen molar-refractivity contribution >= 4 is 5.69 Å². The van der Waals surface area contributed by atoms with Gasteiger partial charge in [0.05, 0.1) is 10.7 Å². The van der Waals surface area contributed by atoms with Gasteiger partial charge >= 0.3 is 0 Å². The molecule has 145 valence electrons. The third kappa shape index (κ3) is 4.90. The number of hydrogen-bond acceptors (Lipinski definition) is 5. The molecule has 0 bridgehead atoms. The summed E-state index contributed by atoms with van der Waals surface area (Å²) in [4.78, 5) is 13.9. The van der Waals surface area contributed by atoms with Crippen molar-refractivity contribution in [1.82, 2.24) is 25.0 Å². The first kappa shape index (κ1) is 21.0. The second kappa shape index (κ2) is 9.58. The summed E-state index contributed by atoms with van der Waals surface area (Å²) in [5.41, 5.74) is 0.487. The maximum absolute atomic E-state index is 13.2. The molecule has 11 heteroatoms. The predicted molar refractivity (Wildman–Crippen MR) is 89.8 cm³/mol. The maximum atomic E-state index is 13.2. The van der Waals surface area contributed by atoms with Gasteiger partial charge in [0.15, 0.2) is 0 Å². The van der Waals surface area contributed by atoms with Gasteiger partial charge in [-0.25, -0.2) is 0 Å². The normalized spacial score (nSPS) is 9.79. The van der Waals surface area contributed by atoms with Crippen LogP contribution < -0.4 is 5.10 Å². The number of aromatic nitrogens is 5. The van der Waals surface area contributed by atoms with E-state index >= 15 is 0 Å². The second-order valence-corrected chi connectivity index (χ2v) is 5.02. The Labute approximate surface area is 170 Å². The van der Waals surface area contributed by atoms with Crippen LogP contribution in [0.4, 0.5) is 14.5 Å². The number of pyridine rings is 1. The Bertz CT molecular complexity index is 1040. The average Bonchev–Trinajstić information content (AvgIpc) is 3.34. The first-order chi connectivity index (χ1) is 13.1. The monoisotopic (exact) mass is 561 g/mol. The molecule has 0 fully saturated rings. The topological polar surface area (TPSA) is 101 Å². The minimum absolute atomic E-state index is 0. The first-order valence-electron chi connectivity index (χ1n) is 7.47. The molecule has 0 atom stereocenters. The van der Waals surface area contributed by atoms with Crippen molar-refractivity contribution in [3.63, 3.8) is 0 Å². The zero-order valence-electron chi connectivity index (χ0n) is 13.9. The molecule has 0 aliphatic carbocycles. The number of nitro groups is 1. The van der Waals surface area contributed by atoms with Crippen LogP contribution in [0.15, 0.2) is 61.2 Å². The number of nitrogens with zero attached hydrogens (tertiary/aromatic N) is 6. The summed E-state index contributed by atoms with van der Waals surface area (Å²) in [7, 11) is 0. The summed E-state index contributed by atoms with van der Waals surface area (Å²) in [6, 6.07) is 11.2. The van der Waals surface area contributed by atoms with E-state index in [-0.39, 0.29) is 37.2 Å². The zero-order valence-corrected chi connectivity index (χ0v) is 16.3. The van der Waals surface area contributed by atoms with Gasteiger partial charge in [0.1, 0.15) is 6.20 Å². The smallest absolute Gasteiger partial charge is 0.289 e. The molecule has 0 spiro atoms. The van der Waals surface area contributed by atoms with Crippen molar-refractivity contribution in [3.8, 4) is 17.1 Å².